The Morgan fingerprint density at radius 3 is 2.37 bits per heavy atom. The first kappa shape index (κ1) is 21.9. The number of para-hydroxylation sites is 2. The number of hydrogen-bond acceptors (Lipinski definition) is 3. The minimum absolute atomic E-state index is 0.0357. The number of nitrogens with zero attached hydrogens (tertiary/aromatic N) is 2. The number of piperidine rings is 1. The number of carbonyl (C=O) groups excluding carboxylic acids is 2. The summed E-state index contributed by atoms with van der Waals surface area (Å²) in [5.74, 6) is 0.237. The van der Waals surface area contributed by atoms with E-state index in [0.29, 0.717) is 17.6 Å². The summed E-state index contributed by atoms with van der Waals surface area (Å²) in [5, 5.41) is 2.02. The molecule has 2 saturated heterocycles. The number of fused-ring (bicyclic) bond motifs is 3. The molecule has 3 heterocycles. The van der Waals surface area contributed by atoms with E-state index in [2.05, 4.69) is 32.0 Å². The van der Waals surface area contributed by atoms with Crippen LogP contribution < -0.4 is 0 Å². The van der Waals surface area contributed by atoms with Gasteiger partial charge in [0, 0.05) is 42.4 Å². The van der Waals surface area contributed by atoms with Gasteiger partial charge in [-0.3, -0.25) is 9.59 Å². The monoisotopic (exact) mass is 466 g/mol. The van der Waals surface area contributed by atoms with Gasteiger partial charge in [-0.1, -0.05) is 48.5 Å². The van der Waals surface area contributed by atoms with Crippen molar-refractivity contribution in [3.63, 3.8) is 0 Å². The van der Waals surface area contributed by atoms with Gasteiger partial charge < -0.3 is 14.2 Å². The largest absolute Gasteiger partial charge is 0.455 e. The molecule has 6 rings (SSSR count). The first-order chi connectivity index (χ1) is 16.9. The summed E-state index contributed by atoms with van der Waals surface area (Å²) in [6, 6.07) is 20.0. The van der Waals surface area contributed by atoms with Crippen LogP contribution in [0.15, 0.2) is 65.1 Å². The summed E-state index contributed by atoms with van der Waals surface area (Å²) in [7, 11) is 0. The molecule has 0 unspecified atom stereocenters. The molecule has 0 saturated carbocycles. The van der Waals surface area contributed by atoms with Crippen molar-refractivity contribution in [2.45, 2.75) is 33.1 Å². The van der Waals surface area contributed by atoms with E-state index in [-0.39, 0.29) is 17.2 Å². The standard InChI is InChI=1S/C30H30N2O3/c1-20-10-11-22(16-21(20)2)17-27(33)31-14-12-30(13-15-31)18-32(19-30)29(34)25-8-5-7-24-23-6-3-4-9-26(23)35-28(24)25/h3-11,16H,12-15,17-19H2,1-2H3. The second-order valence-electron chi connectivity index (χ2n) is 10.4. The van der Waals surface area contributed by atoms with Crippen LogP contribution in [0.3, 0.4) is 0 Å². The summed E-state index contributed by atoms with van der Waals surface area (Å²) in [6.07, 6.45) is 2.36. The smallest absolute Gasteiger partial charge is 0.257 e. The Morgan fingerprint density at radius 2 is 1.60 bits per heavy atom. The highest BCUT2D eigenvalue weighted by Crippen LogP contribution is 2.42. The third-order valence-corrected chi connectivity index (χ3v) is 8.08. The summed E-state index contributed by atoms with van der Waals surface area (Å²) < 4.78 is 6.07. The fourth-order valence-electron chi connectivity index (χ4n) is 5.74. The lowest BCUT2D eigenvalue weighted by Gasteiger charge is -2.54. The zero-order chi connectivity index (χ0) is 24.2. The molecule has 2 aliphatic heterocycles. The van der Waals surface area contributed by atoms with Crippen molar-refractivity contribution in [3.05, 3.63) is 82.9 Å². The molecule has 2 amide bonds. The summed E-state index contributed by atoms with van der Waals surface area (Å²) in [6.45, 7) is 7.22. The quantitative estimate of drug-likeness (QED) is 0.400. The van der Waals surface area contributed by atoms with Crippen molar-refractivity contribution in [2.24, 2.45) is 5.41 Å². The van der Waals surface area contributed by atoms with Crippen molar-refractivity contribution in [1.29, 1.82) is 0 Å². The number of furan rings is 1. The van der Waals surface area contributed by atoms with Crippen LogP contribution in [0.1, 0.15) is 39.9 Å². The highest BCUT2D eigenvalue weighted by atomic mass is 16.3. The predicted molar refractivity (Wildman–Crippen MR) is 137 cm³/mol. The maximum Gasteiger partial charge on any atom is 0.257 e. The van der Waals surface area contributed by atoms with Gasteiger partial charge in [0.15, 0.2) is 0 Å². The van der Waals surface area contributed by atoms with Crippen LogP contribution in [0.25, 0.3) is 21.9 Å². The van der Waals surface area contributed by atoms with E-state index in [0.717, 1.165) is 60.9 Å². The first-order valence-corrected chi connectivity index (χ1v) is 12.5. The molecule has 2 aliphatic rings. The minimum atomic E-state index is 0.0357. The Morgan fingerprint density at radius 1 is 0.857 bits per heavy atom. The molecule has 5 heteroatoms. The number of rotatable bonds is 3. The third kappa shape index (κ3) is 3.79. The van der Waals surface area contributed by atoms with Gasteiger partial charge in [0.1, 0.15) is 11.2 Å². The van der Waals surface area contributed by atoms with E-state index in [4.69, 9.17) is 4.42 Å². The van der Waals surface area contributed by atoms with Crippen LogP contribution in [0, 0.1) is 19.3 Å². The van der Waals surface area contributed by atoms with Crippen LogP contribution in [0.4, 0.5) is 0 Å². The number of carbonyl (C=O) groups is 2. The van der Waals surface area contributed by atoms with Gasteiger partial charge in [-0.2, -0.15) is 0 Å². The Hall–Kier alpha value is -3.60. The third-order valence-electron chi connectivity index (χ3n) is 8.08. The van der Waals surface area contributed by atoms with E-state index < -0.39 is 0 Å². The normalized spacial score (nSPS) is 17.2. The van der Waals surface area contributed by atoms with E-state index in [1.165, 1.54) is 11.1 Å². The number of benzene rings is 3. The lowest BCUT2D eigenvalue weighted by molar-refractivity contribution is -0.134. The molecule has 0 bridgehead atoms. The van der Waals surface area contributed by atoms with Crippen LogP contribution in [0.5, 0.6) is 0 Å². The zero-order valence-electron chi connectivity index (χ0n) is 20.3. The highest BCUT2D eigenvalue weighted by Gasteiger charge is 2.47. The fourth-order valence-corrected chi connectivity index (χ4v) is 5.74. The summed E-state index contributed by atoms with van der Waals surface area (Å²) in [5.41, 5.74) is 5.81. The van der Waals surface area contributed by atoms with Gasteiger partial charge in [-0.15, -0.1) is 0 Å². The number of aryl methyl sites for hydroxylation is 2. The fraction of sp³-hybridized carbons (Fsp3) is 0.333. The van der Waals surface area contributed by atoms with E-state index >= 15 is 0 Å². The zero-order valence-corrected chi connectivity index (χ0v) is 20.3. The van der Waals surface area contributed by atoms with Crippen molar-refractivity contribution >= 4 is 33.8 Å². The lowest BCUT2D eigenvalue weighted by atomic mass is 9.71. The lowest BCUT2D eigenvalue weighted by Crippen LogP contribution is -2.62. The SMILES string of the molecule is Cc1ccc(CC(=O)N2CCC3(CC2)CN(C(=O)c2cccc4c2oc2ccccc24)C3)cc1C. The van der Waals surface area contributed by atoms with Gasteiger partial charge in [0.25, 0.3) is 5.91 Å². The topological polar surface area (TPSA) is 53.8 Å². The molecule has 1 spiro atoms. The van der Waals surface area contributed by atoms with Crippen LogP contribution in [0.2, 0.25) is 0 Å². The van der Waals surface area contributed by atoms with Crippen molar-refractivity contribution in [3.8, 4) is 0 Å². The molecule has 35 heavy (non-hydrogen) atoms. The van der Waals surface area contributed by atoms with Crippen LogP contribution in [-0.4, -0.2) is 47.8 Å². The highest BCUT2D eigenvalue weighted by molar-refractivity contribution is 6.13. The van der Waals surface area contributed by atoms with E-state index in [1.807, 2.05) is 52.3 Å². The van der Waals surface area contributed by atoms with Gasteiger partial charge in [0.2, 0.25) is 5.91 Å². The maximum atomic E-state index is 13.4. The van der Waals surface area contributed by atoms with Gasteiger partial charge in [0.05, 0.1) is 12.0 Å². The Labute approximate surface area is 205 Å². The molecular formula is C30H30N2O3. The molecular weight excluding hydrogens is 436 g/mol. The summed E-state index contributed by atoms with van der Waals surface area (Å²) >= 11 is 0. The molecule has 0 N–H and O–H groups in total. The summed E-state index contributed by atoms with van der Waals surface area (Å²) in [4.78, 5) is 30.2. The maximum absolute atomic E-state index is 13.4. The Bertz CT molecular complexity index is 1450. The Kier molecular flexibility index (Phi) is 5.17. The molecule has 0 aliphatic carbocycles. The van der Waals surface area contributed by atoms with E-state index in [1.54, 1.807) is 0 Å². The average Bonchev–Trinajstić information content (AvgIpc) is 3.23. The second-order valence-corrected chi connectivity index (χ2v) is 10.4. The molecule has 2 fully saturated rings. The molecule has 0 atom stereocenters. The molecule has 5 nitrogen and oxygen atoms in total. The predicted octanol–water partition coefficient (Wildman–Crippen LogP) is 5.51. The van der Waals surface area contributed by atoms with Crippen LogP contribution in [-0.2, 0) is 11.2 Å². The van der Waals surface area contributed by atoms with Gasteiger partial charge in [-0.25, -0.2) is 0 Å². The molecule has 0 radical (unpaired) electrons. The molecule has 1 aromatic heterocycles. The molecule has 4 aromatic rings. The Balaban J connectivity index is 1.09. The van der Waals surface area contributed by atoms with E-state index in [9.17, 15) is 9.59 Å². The number of amides is 2. The van der Waals surface area contributed by atoms with Crippen molar-refractivity contribution in [2.75, 3.05) is 26.2 Å². The minimum Gasteiger partial charge on any atom is -0.455 e. The first-order valence-electron chi connectivity index (χ1n) is 12.5. The number of likely N-dealkylation sites (tertiary alicyclic amines) is 2. The van der Waals surface area contributed by atoms with Crippen LogP contribution >= 0.6 is 0 Å². The second kappa shape index (κ2) is 8.26. The molecule has 3 aromatic carbocycles. The van der Waals surface area contributed by atoms with Crippen molar-refractivity contribution in [1.82, 2.24) is 9.80 Å². The number of hydrogen-bond donors (Lipinski definition) is 0. The van der Waals surface area contributed by atoms with Gasteiger partial charge >= 0.3 is 0 Å². The molecule has 178 valence electrons. The average molecular weight is 467 g/mol. The van der Waals surface area contributed by atoms with Gasteiger partial charge in [-0.05, 0) is 55.5 Å². The van der Waals surface area contributed by atoms with Crippen molar-refractivity contribution < 1.29 is 14.0 Å².